The molecule has 1 saturated carbocycles. The fourth-order valence-electron chi connectivity index (χ4n) is 9.24. The molecule has 0 bridgehead atoms. The Balaban J connectivity index is 0.625. The number of amides is 5. The van der Waals surface area contributed by atoms with Gasteiger partial charge in [-0.2, -0.15) is 0 Å². The molecule has 9 rings (SSSR count). The van der Waals surface area contributed by atoms with Crippen LogP contribution in [0.4, 0.5) is 21.6 Å². The van der Waals surface area contributed by atoms with Gasteiger partial charge in [0.15, 0.2) is 0 Å². The van der Waals surface area contributed by atoms with Crippen molar-refractivity contribution in [3.63, 3.8) is 0 Å². The maximum Gasteiger partial charge on any atom is 0.262 e. The van der Waals surface area contributed by atoms with Gasteiger partial charge in [-0.05, 0) is 112 Å². The van der Waals surface area contributed by atoms with Crippen LogP contribution in [0.2, 0.25) is 0 Å². The summed E-state index contributed by atoms with van der Waals surface area (Å²) in [5, 5.41) is 5.03. The van der Waals surface area contributed by atoms with Crippen LogP contribution in [0.25, 0.3) is 0 Å². The van der Waals surface area contributed by atoms with Crippen molar-refractivity contribution in [2.45, 2.75) is 82.1 Å². The van der Waals surface area contributed by atoms with Crippen LogP contribution in [0.15, 0.2) is 85.1 Å². The van der Waals surface area contributed by atoms with Crippen LogP contribution in [0.1, 0.15) is 88.9 Å². The fourth-order valence-corrected chi connectivity index (χ4v) is 9.24. The van der Waals surface area contributed by atoms with Gasteiger partial charge in [0.1, 0.15) is 35.3 Å². The third-order valence-corrected chi connectivity index (χ3v) is 13.0. The van der Waals surface area contributed by atoms with E-state index in [1.807, 2.05) is 48.7 Å². The quantitative estimate of drug-likeness (QED) is 0.102. The number of carbonyl (C=O) groups is 5. The zero-order chi connectivity index (χ0) is 44.9. The van der Waals surface area contributed by atoms with Crippen molar-refractivity contribution >= 4 is 46.7 Å². The highest BCUT2D eigenvalue weighted by Gasteiger charge is 2.45. The average Bonchev–Trinajstić information content (AvgIpc) is 3.55. The molecule has 5 aliphatic rings. The first-order valence-electron chi connectivity index (χ1n) is 22.8. The van der Waals surface area contributed by atoms with Crippen LogP contribution < -0.4 is 29.9 Å². The number of halogens is 1. The summed E-state index contributed by atoms with van der Waals surface area (Å²) in [5.74, 6) is -1.40. The second-order valence-corrected chi connectivity index (χ2v) is 17.4. The van der Waals surface area contributed by atoms with Gasteiger partial charge in [0, 0.05) is 82.2 Å². The van der Waals surface area contributed by atoms with Crippen molar-refractivity contribution in [2.24, 2.45) is 0 Å². The molecule has 1 unspecified atom stereocenters. The number of nitrogens with zero attached hydrogens (tertiary/aromatic N) is 5. The fraction of sp³-hybridized carbons (Fsp3) is 0.429. The first kappa shape index (κ1) is 43.8. The molecule has 3 saturated heterocycles. The van der Waals surface area contributed by atoms with Crippen molar-refractivity contribution in [1.82, 2.24) is 20.1 Å². The molecule has 1 aliphatic carbocycles. The Morgan fingerprint density at radius 2 is 1.51 bits per heavy atom. The summed E-state index contributed by atoms with van der Waals surface area (Å²) in [6.45, 7) is 6.87. The minimum atomic E-state index is -0.997. The molecule has 3 aromatic carbocycles. The Labute approximate surface area is 377 Å². The lowest BCUT2D eigenvalue weighted by Gasteiger charge is -2.40. The first-order chi connectivity index (χ1) is 31.6. The Hall–Kier alpha value is -6.39. The summed E-state index contributed by atoms with van der Waals surface area (Å²) in [6, 6.07) is 21.7. The maximum absolute atomic E-state index is 15.2. The summed E-state index contributed by atoms with van der Waals surface area (Å²) in [4.78, 5) is 75.4. The predicted molar refractivity (Wildman–Crippen MR) is 240 cm³/mol. The van der Waals surface area contributed by atoms with E-state index in [-0.39, 0.29) is 47.8 Å². The SMILES string of the molecule is O=C1CCC(N2C(=O)c3ccc(OCCCCCN4CCC(OC5CC(Oc6ccc(C(=O)Nc7ccc(N8CCN(c9ccccn9)CC8)cc7)c(F)c6)C5)CC4)cc3C2=O)C(=O)N1. The molecular weight excluding hydrogens is 834 g/mol. The number of carbonyl (C=O) groups excluding carboxylic acids is 5. The summed E-state index contributed by atoms with van der Waals surface area (Å²) in [5.41, 5.74) is 2.05. The normalized spacial score (nSPS) is 21.5. The van der Waals surface area contributed by atoms with Gasteiger partial charge < -0.3 is 34.2 Å². The number of hydrogen-bond donors (Lipinski definition) is 2. The molecule has 15 nitrogen and oxygen atoms in total. The summed E-state index contributed by atoms with van der Waals surface area (Å²) >= 11 is 0. The third-order valence-electron chi connectivity index (χ3n) is 13.0. The van der Waals surface area contributed by atoms with E-state index >= 15 is 4.39 Å². The number of nitrogens with one attached hydrogen (secondary N) is 2. The lowest BCUT2D eigenvalue weighted by molar-refractivity contribution is -0.136. The van der Waals surface area contributed by atoms with Crippen LogP contribution in [-0.4, -0.2) is 121 Å². The maximum atomic E-state index is 15.2. The number of pyridine rings is 1. The number of hydrogen-bond acceptors (Lipinski definition) is 12. The highest BCUT2D eigenvalue weighted by Crippen LogP contribution is 2.33. The van der Waals surface area contributed by atoms with Gasteiger partial charge in [-0.3, -0.25) is 34.2 Å². The number of piperazine rings is 1. The van der Waals surface area contributed by atoms with Gasteiger partial charge in [-0.1, -0.05) is 6.07 Å². The van der Waals surface area contributed by atoms with Gasteiger partial charge in [0.25, 0.3) is 17.7 Å². The van der Waals surface area contributed by atoms with E-state index in [0.29, 0.717) is 23.8 Å². The van der Waals surface area contributed by atoms with E-state index < -0.39 is 41.4 Å². The van der Waals surface area contributed by atoms with Crippen LogP contribution in [0, 0.1) is 5.82 Å². The number of aromatic nitrogens is 1. The van der Waals surface area contributed by atoms with E-state index in [4.69, 9.17) is 14.2 Å². The largest absolute Gasteiger partial charge is 0.494 e. The first-order valence-corrected chi connectivity index (χ1v) is 22.8. The van der Waals surface area contributed by atoms with Crippen LogP contribution >= 0.6 is 0 Å². The molecule has 16 heteroatoms. The number of rotatable bonds is 16. The monoisotopic (exact) mass is 887 g/mol. The third kappa shape index (κ3) is 10.3. The molecule has 4 fully saturated rings. The lowest BCUT2D eigenvalue weighted by Crippen LogP contribution is -2.54. The van der Waals surface area contributed by atoms with Crippen LogP contribution in [-0.2, 0) is 14.3 Å². The van der Waals surface area contributed by atoms with Gasteiger partial charge in [0.2, 0.25) is 11.8 Å². The lowest BCUT2D eigenvalue weighted by atomic mass is 9.91. The number of anilines is 3. The van der Waals surface area contributed by atoms with Crippen molar-refractivity contribution in [3.8, 4) is 11.5 Å². The minimum Gasteiger partial charge on any atom is -0.494 e. The molecule has 5 amide bonds. The van der Waals surface area contributed by atoms with Crippen LogP contribution in [0.5, 0.6) is 11.5 Å². The van der Waals surface area contributed by atoms with Crippen molar-refractivity contribution in [2.75, 3.05) is 67.5 Å². The summed E-state index contributed by atoms with van der Waals surface area (Å²) < 4.78 is 33.5. The second-order valence-electron chi connectivity index (χ2n) is 17.4. The number of fused-ring (bicyclic) bond motifs is 1. The van der Waals surface area contributed by atoms with Crippen molar-refractivity contribution < 1.29 is 42.6 Å². The summed E-state index contributed by atoms with van der Waals surface area (Å²) in [6.07, 6.45) is 8.51. The van der Waals surface area contributed by atoms with Crippen molar-refractivity contribution in [1.29, 1.82) is 0 Å². The molecular formula is C49H54FN7O8. The second kappa shape index (κ2) is 19.8. The van der Waals surface area contributed by atoms with E-state index in [0.717, 1.165) is 107 Å². The molecule has 340 valence electrons. The number of ether oxygens (including phenoxy) is 3. The number of imide groups is 2. The number of benzene rings is 3. The summed E-state index contributed by atoms with van der Waals surface area (Å²) in [7, 11) is 0. The van der Waals surface area contributed by atoms with Gasteiger partial charge in [-0.15, -0.1) is 0 Å². The van der Waals surface area contributed by atoms with E-state index in [9.17, 15) is 24.0 Å². The topological polar surface area (TPSA) is 163 Å². The number of likely N-dealkylation sites (tertiary alicyclic amines) is 1. The Kier molecular flexibility index (Phi) is 13.3. The Morgan fingerprint density at radius 1 is 0.754 bits per heavy atom. The standard InChI is InChI=1S/C49H54FN7O8/c50-42-31-36(12-14-40(42)46(59)52-32-7-9-33(10-8-32)55-23-25-56(26-24-55)44-6-2-3-19-51-44)65-38-28-37(29-38)64-34-17-21-54(22-18-34)20-4-1-5-27-63-35-11-13-39-41(30-35)49(62)57(48(39)61)43-15-16-45(58)53-47(43)60/h2-3,6-14,19,30-31,34,37-38,43H,1,4-5,15-18,20-29H2,(H,52,59)(H,53,58,60). The molecule has 1 aromatic heterocycles. The van der Waals surface area contributed by atoms with E-state index in [1.54, 1.807) is 24.3 Å². The molecule has 0 radical (unpaired) electrons. The highest BCUT2D eigenvalue weighted by molar-refractivity contribution is 6.23. The smallest absolute Gasteiger partial charge is 0.262 e. The van der Waals surface area contributed by atoms with Gasteiger partial charge in [0.05, 0.1) is 35.5 Å². The number of piperidine rings is 2. The van der Waals surface area contributed by atoms with E-state index in [1.165, 1.54) is 12.1 Å². The van der Waals surface area contributed by atoms with Gasteiger partial charge in [-0.25, -0.2) is 9.37 Å². The highest BCUT2D eigenvalue weighted by atomic mass is 19.1. The molecule has 65 heavy (non-hydrogen) atoms. The zero-order valence-electron chi connectivity index (χ0n) is 36.3. The predicted octanol–water partition coefficient (Wildman–Crippen LogP) is 5.84. The molecule has 4 aliphatic heterocycles. The molecule has 4 aromatic rings. The molecule has 5 heterocycles. The van der Waals surface area contributed by atoms with Gasteiger partial charge >= 0.3 is 0 Å². The van der Waals surface area contributed by atoms with Crippen molar-refractivity contribution in [3.05, 3.63) is 108 Å². The zero-order valence-corrected chi connectivity index (χ0v) is 36.3. The molecule has 2 N–H and O–H groups in total. The number of unbranched alkanes of at least 4 members (excludes halogenated alkanes) is 2. The van der Waals surface area contributed by atoms with E-state index in [2.05, 4.69) is 30.3 Å². The van der Waals surface area contributed by atoms with Crippen LogP contribution in [0.3, 0.4) is 0 Å². The Morgan fingerprint density at radius 3 is 2.25 bits per heavy atom. The molecule has 0 spiro atoms. The average molecular weight is 888 g/mol. The Bertz CT molecular complexity index is 2380. The molecule has 1 atom stereocenters. The minimum absolute atomic E-state index is 0.0444.